The molecule has 11 heavy (non-hydrogen) atoms. The van der Waals surface area contributed by atoms with Crippen LogP contribution in [0.4, 0.5) is 0 Å². The molecule has 0 amide bonds. The van der Waals surface area contributed by atoms with Gasteiger partial charge in [0.25, 0.3) is 0 Å². The quantitative estimate of drug-likeness (QED) is 0.390. The normalized spacial score (nSPS) is 36.2. The molecule has 2 atom stereocenters. The molecule has 2 heteroatoms. The van der Waals surface area contributed by atoms with Gasteiger partial charge in [-0.1, -0.05) is 6.08 Å². The van der Waals surface area contributed by atoms with Gasteiger partial charge in [-0.15, -0.1) is 0 Å². The van der Waals surface area contributed by atoms with Gasteiger partial charge in [0.1, 0.15) is 6.10 Å². The maximum absolute atomic E-state index is 10.9. The van der Waals surface area contributed by atoms with E-state index in [0.717, 1.165) is 12.8 Å². The van der Waals surface area contributed by atoms with Crippen molar-refractivity contribution in [2.75, 3.05) is 0 Å². The minimum Gasteiger partial charge on any atom is -0.458 e. The summed E-state index contributed by atoms with van der Waals surface area (Å²) in [5.74, 6) is 0.452. The topological polar surface area (TPSA) is 26.3 Å². The van der Waals surface area contributed by atoms with Gasteiger partial charge in [-0.2, -0.15) is 0 Å². The number of hydrogen-bond donors (Lipinski definition) is 0. The lowest BCUT2D eigenvalue weighted by molar-refractivity contribution is -0.140. The van der Waals surface area contributed by atoms with Gasteiger partial charge >= 0.3 is 5.97 Å². The Morgan fingerprint density at radius 1 is 1.55 bits per heavy atom. The summed E-state index contributed by atoms with van der Waals surface area (Å²) in [6, 6.07) is 0. The summed E-state index contributed by atoms with van der Waals surface area (Å²) in [7, 11) is 0. The van der Waals surface area contributed by atoms with Crippen LogP contribution in [0.2, 0.25) is 0 Å². The molecule has 0 aromatic rings. The molecule has 1 heterocycles. The third kappa shape index (κ3) is 1.30. The number of hydrogen-bond acceptors (Lipinski definition) is 2. The van der Waals surface area contributed by atoms with Gasteiger partial charge in [0.15, 0.2) is 0 Å². The first-order valence-corrected chi connectivity index (χ1v) is 4.22. The van der Waals surface area contributed by atoms with Crippen LogP contribution < -0.4 is 0 Å². The molecule has 1 fully saturated rings. The number of carbonyl (C=O) groups excluding carboxylic acids is 1. The van der Waals surface area contributed by atoms with Crippen molar-refractivity contribution in [1.29, 1.82) is 0 Å². The van der Waals surface area contributed by atoms with Crippen LogP contribution in [0.5, 0.6) is 0 Å². The van der Waals surface area contributed by atoms with E-state index in [4.69, 9.17) is 4.74 Å². The van der Waals surface area contributed by atoms with Crippen LogP contribution in [-0.2, 0) is 9.53 Å². The van der Waals surface area contributed by atoms with Crippen molar-refractivity contribution in [1.82, 2.24) is 0 Å². The first kappa shape index (κ1) is 6.89. The van der Waals surface area contributed by atoms with Crippen molar-refractivity contribution in [2.24, 2.45) is 5.92 Å². The van der Waals surface area contributed by atoms with Gasteiger partial charge in [-0.3, -0.25) is 4.79 Å². The molecule has 1 saturated heterocycles. The Labute approximate surface area is 66.2 Å². The first-order valence-electron chi connectivity index (χ1n) is 4.22. The van der Waals surface area contributed by atoms with Crippen molar-refractivity contribution in [3.8, 4) is 0 Å². The third-order valence-electron chi connectivity index (χ3n) is 2.43. The van der Waals surface area contributed by atoms with Crippen LogP contribution in [0.1, 0.15) is 25.7 Å². The van der Waals surface area contributed by atoms with E-state index in [2.05, 4.69) is 6.08 Å². The second kappa shape index (κ2) is 2.68. The number of allylic oxidation sites excluding steroid dienone is 1. The molecule has 2 nitrogen and oxygen atoms in total. The standard InChI is InChI=1S/C9H12O2/c10-9-6-7-4-2-1-3-5-8(7)11-9/h3,5,7-8H,1-2,4,6H2/t7-,8-/m0/s1. The highest BCUT2D eigenvalue weighted by atomic mass is 16.5. The molecule has 1 aliphatic carbocycles. The summed E-state index contributed by atoms with van der Waals surface area (Å²) in [6.45, 7) is 0. The Morgan fingerprint density at radius 3 is 3.36 bits per heavy atom. The highest BCUT2D eigenvalue weighted by Gasteiger charge is 2.32. The molecule has 0 unspecified atom stereocenters. The third-order valence-corrected chi connectivity index (χ3v) is 2.43. The van der Waals surface area contributed by atoms with Crippen molar-refractivity contribution in [3.63, 3.8) is 0 Å². The largest absolute Gasteiger partial charge is 0.458 e. The Hall–Kier alpha value is -0.790. The summed E-state index contributed by atoms with van der Waals surface area (Å²) in [4.78, 5) is 10.9. The Bertz CT molecular complexity index is 196. The van der Waals surface area contributed by atoms with E-state index < -0.39 is 0 Å². The fourth-order valence-corrected chi connectivity index (χ4v) is 1.82. The number of esters is 1. The SMILES string of the molecule is O=C1C[C@@H]2CCCC=C[C@@H]2O1. The van der Waals surface area contributed by atoms with Crippen molar-refractivity contribution in [3.05, 3.63) is 12.2 Å². The van der Waals surface area contributed by atoms with E-state index >= 15 is 0 Å². The van der Waals surface area contributed by atoms with Crippen LogP contribution in [0.15, 0.2) is 12.2 Å². The maximum Gasteiger partial charge on any atom is 0.306 e. The van der Waals surface area contributed by atoms with Gasteiger partial charge in [0.2, 0.25) is 0 Å². The summed E-state index contributed by atoms with van der Waals surface area (Å²) in [5.41, 5.74) is 0. The van der Waals surface area contributed by atoms with E-state index in [9.17, 15) is 4.79 Å². The molecular formula is C9H12O2. The van der Waals surface area contributed by atoms with Crippen LogP contribution in [-0.4, -0.2) is 12.1 Å². The van der Waals surface area contributed by atoms with E-state index in [-0.39, 0.29) is 12.1 Å². The molecule has 0 aromatic carbocycles. The number of rotatable bonds is 0. The second-order valence-electron chi connectivity index (χ2n) is 3.28. The predicted octanol–water partition coefficient (Wildman–Crippen LogP) is 1.66. The Balaban J connectivity index is 2.11. The van der Waals surface area contributed by atoms with Crippen molar-refractivity contribution < 1.29 is 9.53 Å². The smallest absolute Gasteiger partial charge is 0.306 e. The zero-order valence-electron chi connectivity index (χ0n) is 6.45. The zero-order chi connectivity index (χ0) is 7.68. The van der Waals surface area contributed by atoms with Gasteiger partial charge in [-0.05, 0) is 25.3 Å². The monoisotopic (exact) mass is 152 g/mol. The van der Waals surface area contributed by atoms with E-state index in [1.165, 1.54) is 6.42 Å². The average molecular weight is 152 g/mol. The number of ether oxygens (including phenoxy) is 1. The highest BCUT2D eigenvalue weighted by molar-refractivity contribution is 5.72. The van der Waals surface area contributed by atoms with Gasteiger partial charge in [-0.25, -0.2) is 0 Å². The first-order chi connectivity index (χ1) is 5.36. The molecule has 0 spiro atoms. The lowest BCUT2D eigenvalue weighted by atomic mass is 9.97. The molecule has 2 aliphatic rings. The molecule has 0 N–H and O–H groups in total. The molecule has 0 saturated carbocycles. The molecule has 60 valence electrons. The van der Waals surface area contributed by atoms with Crippen LogP contribution in [0, 0.1) is 5.92 Å². The fraction of sp³-hybridized carbons (Fsp3) is 0.667. The lowest BCUT2D eigenvalue weighted by Crippen LogP contribution is -2.11. The number of carbonyl (C=O) groups is 1. The summed E-state index contributed by atoms with van der Waals surface area (Å²) in [5, 5.41) is 0. The van der Waals surface area contributed by atoms with Gasteiger partial charge in [0, 0.05) is 5.92 Å². The maximum atomic E-state index is 10.9. The number of fused-ring (bicyclic) bond motifs is 1. The van der Waals surface area contributed by atoms with Crippen molar-refractivity contribution in [2.45, 2.75) is 31.8 Å². The summed E-state index contributed by atoms with van der Waals surface area (Å²) < 4.78 is 5.12. The minimum absolute atomic E-state index is 0.0217. The zero-order valence-corrected chi connectivity index (χ0v) is 6.45. The van der Waals surface area contributed by atoms with Crippen molar-refractivity contribution >= 4 is 5.97 Å². The van der Waals surface area contributed by atoms with Crippen LogP contribution in [0.3, 0.4) is 0 Å². The molecule has 2 rings (SSSR count). The fourth-order valence-electron chi connectivity index (χ4n) is 1.82. The lowest BCUT2D eigenvalue weighted by Gasteiger charge is -2.09. The molecule has 0 bridgehead atoms. The second-order valence-corrected chi connectivity index (χ2v) is 3.28. The van der Waals surface area contributed by atoms with Gasteiger partial charge in [0.05, 0.1) is 6.42 Å². The van der Waals surface area contributed by atoms with Gasteiger partial charge < -0.3 is 4.74 Å². The molecular weight excluding hydrogens is 140 g/mol. The van der Waals surface area contributed by atoms with E-state index in [0.29, 0.717) is 12.3 Å². The Morgan fingerprint density at radius 2 is 2.45 bits per heavy atom. The highest BCUT2D eigenvalue weighted by Crippen LogP contribution is 2.30. The van der Waals surface area contributed by atoms with Crippen LogP contribution in [0.25, 0.3) is 0 Å². The minimum atomic E-state index is -0.0217. The predicted molar refractivity (Wildman–Crippen MR) is 41.0 cm³/mol. The van der Waals surface area contributed by atoms with E-state index in [1.54, 1.807) is 0 Å². The molecule has 0 aromatic heterocycles. The van der Waals surface area contributed by atoms with Crippen LogP contribution >= 0.6 is 0 Å². The summed E-state index contributed by atoms with van der Waals surface area (Å²) >= 11 is 0. The Kier molecular flexibility index (Phi) is 1.68. The van der Waals surface area contributed by atoms with E-state index in [1.807, 2.05) is 6.08 Å². The molecule has 1 aliphatic heterocycles. The summed E-state index contributed by atoms with van der Waals surface area (Å²) in [6.07, 6.45) is 8.40. The molecule has 0 radical (unpaired) electrons. The average Bonchev–Trinajstić information content (AvgIpc) is 2.17.